The van der Waals surface area contributed by atoms with Gasteiger partial charge in [-0.15, -0.1) is 11.3 Å². The molecule has 2 aromatic rings. The van der Waals surface area contributed by atoms with E-state index in [4.69, 9.17) is 16.4 Å². The third-order valence-electron chi connectivity index (χ3n) is 2.15. The number of carbonyl (C=O) groups is 1. The van der Waals surface area contributed by atoms with Crippen LogP contribution in [0.2, 0.25) is 5.02 Å². The van der Waals surface area contributed by atoms with Gasteiger partial charge in [0.05, 0.1) is 11.6 Å². The monoisotopic (exact) mass is 282 g/mol. The molecule has 2 rings (SSSR count). The molecule has 0 atom stereocenters. The SMILES string of the molecule is CCONC(=O)c1csc(-c2ccccc2Cl)n1. The predicted octanol–water partition coefficient (Wildman–Crippen LogP) is 3.14. The van der Waals surface area contributed by atoms with Gasteiger partial charge in [-0.3, -0.25) is 9.63 Å². The van der Waals surface area contributed by atoms with Crippen molar-refractivity contribution in [1.82, 2.24) is 10.5 Å². The molecule has 94 valence electrons. The molecular formula is C12H11ClN2O2S. The van der Waals surface area contributed by atoms with Crippen LogP contribution in [-0.2, 0) is 4.84 Å². The number of carbonyl (C=O) groups excluding carboxylic acids is 1. The highest BCUT2D eigenvalue weighted by atomic mass is 35.5. The summed E-state index contributed by atoms with van der Waals surface area (Å²) in [6, 6.07) is 7.38. The molecule has 6 heteroatoms. The molecule has 1 aromatic heterocycles. The fourth-order valence-corrected chi connectivity index (χ4v) is 2.45. The summed E-state index contributed by atoms with van der Waals surface area (Å²) >= 11 is 7.44. The lowest BCUT2D eigenvalue weighted by molar-refractivity contribution is 0.0360. The smallest absolute Gasteiger partial charge is 0.274 e. The molecule has 0 saturated heterocycles. The minimum atomic E-state index is -0.355. The summed E-state index contributed by atoms with van der Waals surface area (Å²) in [6.45, 7) is 2.20. The van der Waals surface area contributed by atoms with Crippen LogP contribution in [-0.4, -0.2) is 17.5 Å². The zero-order valence-corrected chi connectivity index (χ0v) is 11.2. The molecule has 4 nitrogen and oxygen atoms in total. The fraction of sp³-hybridized carbons (Fsp3) is 0.167. The van der Waals surface area contributed by atoms with Crippen molar-refractivity contribution in [3.63, 3.8) is 0 Å². The van der Waals surface area contributed by atoms with Crippen LogP contribution in [0, 0.1) is 0 Å². The Hall–Kier alpha value is -1.43. The van der Waals surface area contributed by atoms with E-state index in [0.717, 1.165) is 5.56 Å². The minimum Gasteiger partial charge on any atom is -0.274 e. The number of aromatic nitrogens is 1. The van der Waals surface area contributed by atoms with Gasteiger partial charge in [-0.25, -0.2) is 10.5 Å². The van der Waals surface area contributed by atoms with E-state index in [1.807, 2.05) is 18.2 Å². The van der Waals surface area contributed by atoms with Gasteiger partial charge in [0.15, 0.2) is 0 Å². The van der Waals surface area contributed by atoms with E-state index in [0.29, 0.717) is 22.3 Å². The first-order chi connectivity index (χ1) is 8.72. The Labute approximate surface area is 114 Å². The number of halogens is 1. The number of benzene rings is 1. The number of rotatable bonds is 4. The zero-order chi connectivity index (χ0) is 13.0. The normalized spacial score (nSPS) is 10.3. The lowest BCUT2D eigenvalue weighted by Crippen LogP contribution is -2.23. The molecule has 1 N–H and O–H groups in total. The molecule has 0 saturated carbocycles. The largest absolute Gasteiger partial charge is 0.294 e. The van der Waals surface area contributed by atoms with Crippen molar-refractivity contribution in [3.05, 3.63) is 40.4 Å². The van der Waals surface area contributed by atoms with Gasteiger partial charge in [0.1, 0.15) is 10.7 Å². The molecule has 1 amide bonds. The van der Waals surface area contributed by atoms with Gasteiger partial charge in [-0.1, -0.05) is 29.8 Å². The maximum atomic E-state index is 11.6. The van der Waals surface area contributed by atoms with Crippen molar-refractivity contribution in [2.24, 2.45) is 0 Å². The second-order valence-electron chi connectivity index (χ2n) is 3.38. The molecule has 0 bridgehead atoms. The van der Waals surface area contributed by atoms with Gasteiger partial charge < -0.3 is 0 Å². The highest BCUT2D eigenvalue weighted by Gasteiger charge is 2.13. The molecule has 0 spiro atoms. The summed E-state index contributed by atoms with van der Waals surface area (Å²) in [7, 11) is 0. The van der Waals surface area contributed by atoms with Crippen molar-refractivity contribution >= 4 is 28.8 Å². The summed E-state index contributed by atoms with van der Waals surface area (Å²) < 4.78 is 0. The van der Waals surface area contributed by atoms with E-state index in [-0.39, 0.29) is 5.91 Å². The summed E-state index contributed by atoms with van der Waals surface area (Å²) in [5.41, 5.74) is 3.44. The molecule has 1 aromatic carbocycles. The lowest BCUT2D eigenvalue weighted by Gasteiger charge is -2.00. The van der Waals surface area contributed by atoms with E-state index in [2.05, 4.69) is 10.5 Å². The van der Waals surface area contributed by atoms with Crippen LogP contribution in [0.4, 0.5) is 0 Å². The predicted molar refractivity (Wildman–Crippen MR) is 71.7 cm³/mol. The summed E-state index contributed by atoms with van der Waals surface area (Å²) in [5.74, 6) is -0.355. The minimum absolute atomic E-state index is 0.323. The first kappa shape index (κ1) is 13.0. The van der Waals surface area contributed by atoms with Gasteiger partial charge >= 0.3 is 0 Å². The molecular weight excluding hydrogens is 272 g/mol. The molecule has 0 aliphatic rings. The van der Waals surface area contributed by atoms with Gasteiger partial charge in [0, 0.05) is 10.9 Å². The van der Waals surface area contributed by atoms with Crippen molar-refractivity contribution in [2.45, 2.75) is 6.92 Å². The van der Waals surface area contributed by atoms with Crippen LogP contribution >= 0.6 is 22.9 Å². The van der Waals surface area contributed by atoms with Crippen LogP contribution in [0.25, 0.3) is 10.6 Å². The number of amides is 1. The van der Waals surface area contributed by atoms with E-state index < -0.39 is 0 Å². The second-order valence-corrected chi connectivity index (χ2v) is 4.65. The third kappa shape index (κ3) is 2.87. The number of nitrogens with one attached hydrogen (secondary N) is 1. The molecule has 0 radical (unpaired) electrons. The number of hydroxylamine groups is 1. The first-order valence-electron chi connectivity index (χ1n) is 5.35. The van der Waals surface area contributed by atoms with Crippen LogP contribution in [0.1, 0.15) is 17.4 Å². The van der Waals surface area contributed by atoms with E-state index in [9.17, 15) is 4.79 Å². The number of hydrogen-bond acceptors (Lipinski definition) is 4. The number of hydrogen-bond donors (Lipinski definition) is 1. The third-order valence-corrected chi connectivity index (χ3v) is 3.36. The van der Waals surface area contributed by atoms with Crippen molar-refractivity contribution in [2.75, 3.05) is 6.61 Å². The average Bonchev–Trinajstić information content (AvgIpc) is 2.86. The van der Waals surface area contributed by atoms with E-state index in [1.165, 1.54) is 11.3 Å². The Morgan fingerprint density at radius 1 is 1.50 bits per heavy atom. The fourth-order valence-electron chi connectivity index (χ4n) is 1.33. The van der Waals surface area contributed by atoms with E-state index in [1.54, 1.807) is 18.4 Å². The Bertz CT molecular complexity index is 557. The van der Waals surface area contributed by atoms with Crippen LogP contribution in [0.3, 0.4) is 0 Å². The lowest BCUT2D eigenvalue weighted by atomic mass is 10.2. The van der Waals surface area contributed by atoms with Gasteiger partial charge in [-0.2, -0.15) is 0 Å². The highest BCUT2D eigenvalue weighted by molar-refractivity contribution is 7.13. The topological polar surface area (TPSA) is 51.2 Å². The molecule has 0 unspecified atom stereocenters. The van der Waals surface area contributed by atoms with Crippen molar-refractivity contribution < 1.29 is 9.63 Å². The Kier molecular flexibility index (Phi) is 4.30. The first-order valence-corrected chi connectivity index (χ1v) is 6.60. The van der Waals surface area contributed by atoms with Crippen molar-refractivity contribution in [1.29, 1.82) is 0 Å². The average molecular weight is 283 g/mol. The summed E-state index contributed by atoms with van der Waals surface area (Å²) in [6.07, 6.45) is 0. The molecule has 1 heterocycles. The molecule has 0 aliphatic carbocycles. The van der Waals surface area contributed by atoms with Crippen LogP contribution in [0.5, 0.6) is 0 Å². The summed E-state index contributed by atoms with van der Waals surface area (Å²) in [4.78, 5) is 20.7. The van der Waals surface area contributed by atoms with Crippen LogP contribution < -0.4 is 5.48 Å². The zero-order valence-electron chi connectivity index (χ0n) is 9.64. The van der Waals surface area contributed by atoms with Crippen molar-refractivity contribution in [3.8, 4) is 10.6 Å². The Balaban J connectivity index is 2.21. The van der Waals surface area contributed by atoms with Gasteiger partial charge in [0.2, 0.25) is 0 Å². The standard InChI is InChI=1S/C12H11ClN2O2S/c1-2-17-15-11(16)10-7-18-12(14-10)8-5-3-4-6-9(8)13/h3-7H,2H2,1H3,(H,15,16). The quantitative estimate of drug-likeness (QED) is 0.877. The van der Waals surface area contributed by atoms with Gasteiger partial charge in [-0.05, 0) is 13.0 Å². The van der Waals surface area contributed by atoms with Gasteiger partial charge in [0.25, 0.3) is 5.91 Å². The summed E-state index contributed by atoms with van der Waals surface area (Å²) in [5, 5.41) is 3.00. The number of nitrogens with zero attached hydrogens (tertiary/aromatic N) is 1. The maximum Gasteiger partial charge on any atom is 0.294 e. The highest BCUT2D eigenvalue weighted by Crippen LogP contribution is 2.29. The Morgan fingerprint density at radius 2 is 2.28 bits per heavy atom. The maximum absolute atomic E-state index is 11.6. The Morgan fingerprint density at radius 3 is 3.00 bits per heavy atom. The second kappa shape index (κ2) is 5.95. The molecule has 0 aliphatic heterocycles. The number of thiazole rings is 1. The van der Waals surface area contributed by atoms with Crippen LogP contribution in [0.15, 0.2) is 29.6 Å². The van der Waals surface area contributed by atoms with E-state index >= 15 is 0 Å². The molecule has 0 fully saturated rings. The molecule has 18 heavy (non-hydrogen) atoms.